The van der Waals surface area contributed by atoms with Gasteiger partial charge >= 0.3 is 0 Å². The number of anilines is 1. The maximum absolute atomic E-state index is 13.0. The van der Waals surface area contributed by atoms with E-state index in [9.17, 15) is 14.0 Å². The van der Waals surface area contributed by atoms with Crippen LogP contribution in [0.1, 0.15) is 17.3 Å². The molecule has 2 aromatic carbocycles. The number of carbonyl (C=O) groups is 1. The van der Waals surface area contributed by atoms with Crippen LogP contribution in [0.2, 0.25) is 0 Å². The van der Waals surface area contributed by atoms with E-state index in [-0.39, 0.29) is 17.3 Å². The van der Waals surface area contributed by atoms with E-state index in [2.05, 4.69) is 10.4 Å². The van der Waals surface area contributed by atoms with Crippen molar-refractivity contribution in [3.8, 4) is 0 Å². The van der Waals surface area contributed by atoms with Gasteiger partial charge in [-0.1, -0.05) is 0 Å². The van der Waals surface area contributed by atoms with Gasteiger partial charge in [-0.3, -0.25) is 9.59 Å². The van der Waals surface area contributed by atoms with E-state index in [1.807, 2.05) is 6.92 Å². The summed E-state index contributed by atoms with van der Waals surface area (Å²) in [5, 5.41) is 6.92. The Labute approximate surface area is 147 Å². The lowest BCUT2D eigenvalue weighted by molar-refractivity contribution is 0.102. The fourth-order valence-corrected chi connectivity index (χ4v) is 3.02. The van der Waals surface area contributed by atoms with Gasteiger partial charge in [0.15, 0.2) is 0 Å². The van der Waals surface area contributed by atoms with Gasteiger partial charge < -0.3 is 9.88 Å². The number of halogens is 1. The van der Waals surface area contributed by atoms with E-state index in [4.69, 9.17) is 0 Å². The number of carbonyl (C=O) groups excluding carboxylic acids is 1. The van der Waals surface area contributed by atoms with E-state index in [0.717, 1.165) is 5.52 Å². The second kappa shape index (κ2) is 6.11. The molecule has 0 aliphatic carbocycles. The number of aryl methyl sites for hydroxylation is 1. The summed E-state index contributed by atoms with van der Waals surface area (Å²) in [6.07, 6.45) is 1.57. The molecule has 0 spiro atoms. The number of nitrogens with zero attached hydrogens (tertiary/aromatic N) is 3. The van der Waals surface area contributed by atoms with E-state index >= 15 is 0 Å². The average Bonchev–Trinajstić information content (AvgIpc) is 3.14. The summed E-state index contributed by atoms with van der Waals surface area (Å²) in [6.45, 7) is 2.35. The molecular weight excluding hydrogens is 335 g/mol. The van der Waals surface area contributed by atoms with Crippen LogP contribution in [0.5, 0.6) is 0 Å². The van der Waals surface area contributed by atoms with Gasteiger partial charge in [0.05, 0.1) is 17.2 Å². The molecule has 0 saturated carbocycles. The molecule has 1 N–H and O–H groups in total. The summed E-state index contributed by atoms with van der Waals surface area (Å²) in [4.78, 5) is 25.1. The molecule has 0 aliphatic rings. The number of benzene rings is 2. The maximum atomic E-state index is 13.0. The average molecular weight is 350 g/mol. The summed E-state index contributed by atoms with van der Waals surface area (Å²) >= 11 is 0. The van der Waals surface area contributed by atoms with Crippen molar-refractivity contribution in [2.45, 2.75) is 13.5 Å². The van der Waals surface area contributed by atoms with Gasteiger partial charge in [-0.2, -0.15) is 5.10 Å². The summed E-state index contributed by atoms with van der Waals surface area (Å²) in [5.41, 5.74) is 2.59. The van der Waals surface area contributed by atoms with Crippen LogP contribution in [0.15, 0.2) is 59.5 Å². The molecule has 0 aliphatic heterocycles. The Morgan fingerprint density at radius 3 is 2.58 bits per heavy atom. The minimum absolute atomic E-state index is 0.159. The Morgan fingerprint density at radius 2 is 1.85 bits per heavy atom. The van der Waals surface area contributed by atoms with Crippen LogP contribution in [0.25, 0.3) is 16.6 Å². The molecule has 0 bridgehead atoms. The predicted octanol–water partition coefficient (Wildman–Crippen LogP) is 3.06. The normalized spacial score (nSPS) is 11.2. The molecule has 26 heavy (non-hydrogen) atoms. The molecule has 6 nitrogen and oxygen atoms in total. The molecule has 0 radical (unpaired) electrons. The second-order valence-corrected chi connectivity index (χ2v) is 5.84. The lowest BCUT2D eigenvalue weighted by Gasteiger charge is -2.12. The van der Waals surface area contributed by atoms with Gasteiger partial charge in [0.25, 0.3) is 11.5 Å². The molecule has 4 rings (SSSR count). The number of fused-ring (bicyclic) bond motifs is 3. The Bertz CT molecular complexity index is 1190. The van der Waals surface area contributed by atoms with Gasteiger partial charge in [0.1, 0.15) is 11.3 Å². The molecule has 7 heteroatoms. The number of hydrogen-bond acceptors (Lipinski definition) is 3. The fraction of sp³-hybridized carbons (Fsp3) is 0.105. The van der Waals surface area contributed by atoms with Crippen LogP contribution < -0.4 is 10.9 Å². The first-order valence-electron chi connectivity index (χ1n) is 8.15. The Kier molecular flexibility index (Phi) is 3.76. The number of hydrogen-bond donors (Lipinski definition) is 1. The smallest absolute Gasteiger partial charge is 0.277 e. The lowest BCUT2D eigenvalue weighted by Crippen LogP contribution is -2.22. The molecule has 0 fully saturated rings. The van der Waals surface area contributed by atoms with Crippen LogP contribution in [-0.4, -0.2) is 20.1 Å². The SMILES string of the molecule is CCn1c(=O)c2ccnn2c2ccc(C(=O)Nc3ccc(F)cc3)cc21. The summed E-state index contributed by atoms with van der Waals surface area (Å²) in [6, 6.07) is 12.3. The molecule has 4 aromatic rings. The summed E-state index contributed by atoms with van der Waals surface area (Å²) in [7, 11) is 0. The zero-order valence-corrected chi connectivity index (χ0v) is 13.9. The van der Waals surface area contributed by atoms with Crippen molar-refractivity contribution in [3.05, 3.63) is 76.5 Å². The van der Waals surface area contributed by atoms with Crippen LogP contribution in [0.3, 0.4) is 0 Å². The van der Waals surface area contributed by atoms with Crippen molar-refractivity contribution in [2.75, 3.05) is 5.32 Å². The minimum Gasteiger partial charge on any atom is -0.322 e. The highest BCUT2D eigenvalue weighted by atomic mass is 19.1. The second-order valence-electron chi connectivity index (χ2n) is 5.84. The van der Waals surface area contributed by atoms with Gasteiger partial charge in [0.2, 0.25) is 0 Å². The van der Waals surface area contributed by atoms with Crippen molar-refractivity contribution in [1.82, 2.24) is 14.2 Å². The third-order valence-corrected chi connectivity index (χ3v) is 4.28. The Morgan fingerprint density at radius 1 is 1.08 bits per heavy atom. The molecular formula is C19H15FN4O2. The molecule has 0 unspecified atom stereocenters. The van der Waals surface area contributed by atoms with Crippen molar-refractivity contribution in [3.63, 3.8) is 0 Å². The first-order chi connectivity index (χ1) is 12.6. The first kappa shape index (κ1) is 16.0. The third-order valence-electron chi connectivity index (χ3n) is 4.28. The van der Waals surface area contributed by atoms with E-state index < -0.39 is 0 Å². The monoisotopic (exact) mass is 350 g/mol. The zero-order chi connectivity index (χ0) is 18.3. The van der Waals surface area contributed by atoms with Crippen molar-refractivity contribution in [2.24, 2.45) is 0 Å². The number of nitrogens with one attached hydrogen (secondary N) is 1. The Hall–Kier alpha value is -3.48. The highest BCUT2D eigenvalue weighted by molar-refractivity contribution is 6.06. The molecule has 1 amide bonds. The van der Waals surface area contributed by atoms with E-state index in [1.165, 1.54) is 24.3 Å². The quantitative estimate of drug-likeness (QED) is 0.617. The number of amides is 1. The van der Waals surface area contributed by atoms with Crippen LogP contribution in [-0.2, 0) is 6.54 Å². The minimum atomic E-state index is -0.371. The van der Waals surface area contributed by atoms with Crippen molar-refractivity contribution < 1.29 is 9.18 Å². The van der Waals surface area contributed by atoms with E-state index in [1.54, 1.807) is 39.5 Å². The van der Waals surface area contributed by atoms with Crippen molar-refractivity contribution >= 4 is 28.1 Å². The molecule has 0 saturated heterocycles. The molecule has 2 heterocycles. The predicted molar refractivity (Wildman–Crippen MR) is 97.0 cm³/mol. The van der Waals surface area contributed by atoms with Crippen LogP contribution in [0.4, 0.5) is 10.1 Å². The molecule has 130 valence electrons. The fourth-order valence-electron chi connectivity index (χ4n) is 3.02. The standard InChI is InChI=1S/C19H15FN4O2/c1-2-23-17-11-12(18(25)22-14-6-4-13(20)5-7-14)3-8-15(17)24-16(19(23)26)9-10-21-24/h3-11H,2H2,1H3,(H,22,25). The summed E-state index contributed by atoms with van der Waals surface area (Å²) < 4.78 is 16.2. The van der Waals surface area contributed by atoms with Gasteiger partial charge in [-0.05, 0) is 55.5 Å². The van der Waals surface area contributed by atoms with Crippen LogP contribution in [0, 0.1) is 5.82 Å². The summed E-state index contributed by atoms with van der Waals surface area (Å²) in [5.74, 6) is -0.710. The highest BCUT2D eigenvalue weighted by Crippen LogP contribution is 2.18. The zero-order valence-electron chi connectivity index (χ0n) is 13.9. The van der Waals surface area contributed by atoms with Gasteiger partial charge in [-0.25, -0.2) is 8.91 Å². The van der Waals surface area contributed by atoms with Crippen LogP contribution >= 0.6 is 0 Å². The lowest BCUT2D eigenvalue weighted by atomic mass is 10.1. The Balaban J connectivity index is 1.81. The maximum Gasteiger partial charge on any atom is 0.277 e. The van der Waals surface area contributed by atoms with Gasteiger partial charge in [0, 0.05) is 17.8 Å². The topological polar surface area (TPSA) is 68.4 Å². The molecule has 0 atom stereocenters. The first-order valence-corrected chi connectivity index (χ1v) is 8.15. The largest absolute Gasteiger partial charge is 0.322 e. The number of aromatic nitrogens is 3. The van der Waals surface area contributed by atoms with E-state index in [0.29, 0.717) is 28.8 Å². The van der Waals surface area contributed by atoms with Crippen molar-refractivity contribution in [1.29, 1.82) is 0 Å². The third kappa shape index (κ3) is 2.54. The number of rotatable bonds is 3. The van der Waals surface area contributed by atoms with Gasteiger partial charge in [-0.15, -0.1) is 0 Å². The molecule has 2 aromatic heterocycles. The highest BCUT2D eigenvalue weighted by Gasteiger charge is 2.13.